The molecule has 0 radical (unpaired) electrons. The summed E-state index contributed by atoms with van der Waals surface area (Å²) in [6.45, 7) is 5.15. The SMILES string of the molecule is CC(C)Cn1c(=S)[nH]c2cc(C(=O)NCCCc3nc4ccccc4[nH]3)ccc2c1=O. The van der Waals surface area contributed by atoms with Crippen LogP contribution in [-0.4, -0.2) is 32.0 Å². The lowest BCUT2D eigenvalue weighted by molar-refractivity contribution is 0.0953. The van der Waals surface area contributed by atoms with Gasteiger partial charge in [0.25, 0.3) is 11.5 Å². The summed E-state index contributed by atoms with van der Waals surface area (Å²) >= 11 is 5.35. The number of nitrogens with zero attached hydrogens (tertiary/aromatic N) is 2. The highest BCUT2D eigenvalue weighted by Crippen LogP contribution is 2.13. The Labute approximate surface area is 184 Å². The number of amides is 1. The highest BCUT2D eigenvalue weighted by atomic mass is 32.1. The first-order chi connectivity index (χ1) is 14.9. The fourth-order valence-electron chi connectivity index (χ4n) is 3.61. The van der Waals surface area contributed by atoms with Crippen LogP contribution in [0.25, 0.3) is 21.9 Å². The lowest BCUT2D eigenvalue weighted by Crippen LogP contribution is -2.26. The van der Waals surface area contributed by atoms with Crippen LogP contribution in [0, 0.1) is 10.7 Å². The van der Waals surface area contributed by atoms with Crippen molar-refractivity contribution in [1.82, 2.24) is 24.8 Å². The van der Waals surface area contributed by atoms with Crippen molar-refractivity contribution in [2.45, 2.75) is 33.2 Å². The van der Waals surface area contributed by atoms with Crippen LogP contribution < -0.4 is 10.9 Å². The van der Waals surface area contributed by atoms with Gasteiger partial charge in [0.15, 0.2) is 4.77 Å². The van der Waals surface area contributed by atoms with E-state index in [4.69, 9.17) is 12.2 Å². The van der Waals surface area contributed by atoms with E-state index >= 15 is 0 Å². The van der Waals surface area contributed by atoms with Gasteiger partial charge in [0.05, 0.1) is 21.9 Å². The molecule has 0 fully saturated rings. The number of benzene rings is 2. The highest BCUT2D eigenvalue weighted by molar-refractivity contribution is 7.71. The Morgan fingerprint density at radius 3 is 2.74 bits per heavy atom. The van der Waals surface area contributed by atoms with Crippen LogP contribution in [0.3, 0.4) is 0 Å². The zero-order chi connectivity index (χ0) is 22.0. The van der Waals surface area contributed by atoms with E-state index in [1.54, 1.807) is 22.8 Å². The van der Waals surface area contributed by atoms with E-state index < -0.39 is 0 Å². The van der Waals surface area contributed by atoms with E-state index in [1.165, 1.54) is 0 Å². The molecule has 0 aliphatic carbocycles. The molecule has 1 amide bonds. The summed E-state index contributed by atoms with van der Waals surface area (Å²) in [4.78, 5) is 36.2. The maximum absolute atomic E-state index is 12.7. The van der Waals surface area contributed by atoms with Gasteiger partial charge in [0, 0.05) is 25.1 Å². The van der Waals surface area contributed by atoms with Crippen LogP contribution >= 0.6 is 12.2 Å². The van der Waals surface area contributed by atoms with Crippen molar-refractivity contribution >= 4 is 40.1 Å². The summed E-state index contributed by atoms with van der Waals surface area (Å²) in [6, 6.07) is 12.9. The van der Waals surface area contributed by atoms with Gasteiger partial charge in [-0.3, -0.25) is 14.2 Å². The van der Waals surface area contributed by atoms with E-state index in [0.717, 1.165) is 29.7 Å². The normalized spacial score (nSPS) is 11.5. The molecule has 0 aliphatic heterocycles. The molecule has 0 saturated carbocycles. The minimum Gasteiger partial charge on any atom is -0.352 e. The molecule has 0 saturated heterocycles. The van der Waals surface area contributed by atoms with E-state index in [0.29, 0.717) is 40.2 Å². The Morgan fingerprint density at radius 2 is 1.97 bits per heavy atom. The highest BCUT2D eigenvalue weighted by Gasteiger charge is 2.11. The minimum atomic E-state index is -0.183. The van der Waals surface area contributed by atoms with Crippen LogP contribution in [0.5, 0.6) is 0 Å². The van der Waals surface area contributed by atoms with Crippen molar-refractivity contribution in [3.8, 4) is 0 Å². The molecule has 2 aromatic carbocycles. The molecule has 2 heterocycles. The number of aryl methyl sites for hydroxylation is 1. The second kappa shape index (κ2) is 8.85. The number of aromatic nitrogens is 4. The molecule has 0 unspecified atom stereocenters. The number of carbonyl (C=O) groups is 1. The molecule has 160 valence electrons. The molecule has 8 heteroatoms. The van der Waals surface area contributed by atoms with Gasteiger partial charge in [-0.2, -0.15) is 0 Å². The molecule has 0 bridgehead atoms. The molecule has 0 spiro atoms. The largest absolute Gasteiger partial charge is 0.352 e. The predicted molar refractivity (Wildman–Crippen MR) is 125 cm³/mol. The molecular formula is C23H25N5O2S. The Kier molecular flexibility index (Phi) is 5.99. The van der Waals surface area contributed by atoms with Crippen LogP contribution in [0.15, 0.2) is 47.3 Å². The van der Waals surface area contributed by atoms with Gasteiger partial charge >= 0.3 is 0 Å². The van der Waals surface area contributed by atoms with Crippen LogP contribution in [0.4, 0.5) is 0 Å². The van der Waals surface area contributed by atoms with Crippen LogP contribution in [0.1, 0.15) is 36.5 Å². The Morgan fingerprint density at radius 1 is 1.16 bits per heavy atom. The van der Waals surface area contributed by atoms with Gasteiger partial charge in [-0.15, -0.1) is 0 Å². The van der Waals surface area contributed by atoms with Gasteiger partial charge < -0.3 is 15.3 Å². The summed E-state index contributed by atoms with van der Waals surface area (Å²) in [6.07, 6.45) is 1.51. The van der Waals surface area contributed by atoms with Crippen molar-refractivity contribution in [2.24, 2.45) is 5.92 Å². The topological polar surface area (TPSA) is 95.6 Å². The van der Waals surface area contributed by atoms with E-state index in [1.807, 2.05) is 38.1 Å². The van der Waals surface area contributed by atoms with Crippen LogP contribution in [0.2, 0.25) is 0 Å². The van der Waals surface area contributed by atoms with Crippen molar-refractivity contribution in [1.29, 1.82) is 0 Å². The van der Waals surface area contributed by atoms with Gasteiger partial charge in [-0.1, -0.05) is 26.0 Å². The Hall–Kier alpha value is -3.26. The van der Waals surface area contributed by atoms with Gasteiger partial charge in [0.1, 0.15) is 5.82 Å². The molecule has 4 aromatic rings. The van der Waals surface area contributed by atoms with Gasteiger partial charge in [0.2, 0.25) is 0 Å². The number of rotatable bonds is 7. The van der Waals surface area contributed by atoms with E-state index in [-0.39, 0.29) is 11.5 Å². The smallest absolute Gasteiger partial charge is 0.262 e. The molecule has 0 aliphatic rings. The third kappa shape index (κ3) is 4.59. The summed E-state index contributed by atoms with van der Waals surface area (Å²) in [5.41, 5.74) is 2.89. The second-order valence-electron chi connectivity index (χ2n) is 8.06. The molecule has 2 aromatic heterocycles. The maximum atomic E-state index is 12.7. The number of aromatic amines is 2. The average molecular weight is 436 g/mol. The lowest BCUT2D eigenvalue weighted by Gasteiger charge is -2.11. The number of hydrogen-bond donors (Lipinski definition) is 3. The molecule has 7 nitrogen and oxygen atoms in total. The number of hydrogen-bond acceptors (Lipinski definition) is 4. The van der Waals surface area contributed by atoms with Crippen molar-refractivity contribution in [3.63, 3.8) is 0 Å². The molecule has 4 rings (SSSR count). The zero-order valence-electron chi connectivity index (χ0n) is 17.6. The predicted octanol–water partition coefficient (Wildman–Crippen LogP) is 3.95. The fourth-order valence-corrected chi connectivity index (χ4v) is 3.88. The quantitative estimate of drug-likeness (QED) is 0.302. The van der Waals surface area contributed by atoms with Gasteiger partial charge in [-0.25, -0.2) is 4.98 Å². The first kappa shape index (κ1) is 21.0. The summed E-state index contributed by atoms with van der Waals surface area (Å²) in [7, 11) is 0. The number of nitrogens with one attached hydrogen (secondary N) is 3. The fraction of sp³-hybridized carbons (Fsp3) is 0.304. The third-order valence-electron chi connectivity index (χ3n) is 5.11. The van der Waals surface area contributed by atoms with E-state index in [2.05, 4.69) is 20.3 Å². The lowest BCUT2D eigenvalue weighted by atomic mass is 10.1. The molecular weight excluding hydrogens is 410 g/mol. The molecule has 31 heavy (non-hydrogen) atoms. The average Bonchev–Trinajstić information content (AvgIpc) is 3.16. The molecule has 0 atom stereocenters. The van der Waals surface area contributed by atoms with Crippen molar-refractivity contribution in [3.05, 3.63) is 69.0 Å². The zero-order valence-corrected chi connectivity index (χ0v) is 18.4. The third-order valence-corrected chi connectivity index (χ3v) is 5.43. The summed E-state index contributed by atoms with van der Waals surface area (Å²) in [5, 5.41) is 3.45. The number of imidazole rings is 1. The first-order valence-corrected chi connectivity index (χ1v) is 10.8. The summed E-state index contributed by atoms with van der Waals surface area (Å²) in [5.74, 6) is 1.03. The number of carbonyl (C=O) groups excluding carboxylic acids is 1. The van der Waals surface area contributed by atoms with Crippen LogP contribution in [-0.2, 0) is 13.0 Å². The van der Waals surface area contributed by atoms with Crippen molar-refractivity contribution in [2.75, 3.05) is 6.54 Å². The van der Waals surface area contributed by atoms with Gasteiger partial charge in [-0.05, 0) is 54.9 Å². The second-order valence-corrected chi connectivity index (χ2v) is 8.45. The number of para-hydroxylation sites is 2. The first-order valence-electron chi connectivity index (χ1n) is 10.4. The molecule has 3 N–H and O–H groups in total. The Bertz CT molecular complexity index is 1330. The number of H-pyrrole nitrogens is 2. The monoisotopic (exact) mass is 435 g/mol. The standard InChI is InChI=1S/C23H25N5O2S/c1-14(2)13-28-22(30)16-10-9-15(12-19(16)27-23(28)31)21(29)24-11-5-8-20-25-17-6-3-4-7-18(17)26-20/h3-4,6-7,9-10,12,14H,5,8,11,13H2,1-2H3,(H,24,29)(H,25,26)(H,27,31). The maximum Gasteiger partial charge on any atom is 0.262 e. The Balaban J connectivity index is 1.41. The minimum absolute atomic E-state index is 0.134. The van der Waals surface area contributed by atoms with Crippen molar-refractivity contribution < 1.29 is 4.79 Å². The summed E-state index contributed by atoms with van der Waals surface area (Å²) < 4.78 is 1.94. The number of fused-ring (bicyclic) bond motifs is 2. The van der Waals surface area contributed by atoms with E-state index in [9.17, 15) is 9.59 Å².